The molecule has 0 radical (unpaired) electrons. The van der Waals surface area contributed by atoms with Gasteiger partial charge in [0.05, 0.1) is 25.3 Å². The summed E-state index contributed by atoms with van der Waals surface area (Å²) in [4.78, 5) is 3.45. The Kier molecular flexibility index (Phi) is 9.46. The smallest absolute Gasteiger partial charge is 0.416 e. The number of alkyl halides is 6. The molecule has 0 saturated heterocycles. The molecule has 254 valence electrons. The van der Waals surface area contributed by atoms with E-state index < -0.39 is 23.5 Å². The average Bonchev–Trinajstić information content (AvgIpc) is 3.13. The summed E-state index contributed by atoms with van der Waals surface area (Å²) in [6.45, 7) is 0. The molecule has 0 aliphatic rings. The summed E-state index contributed by atoms with van der Waals surface area (Å²) in [5, 5.41) is 0. The van der Waals surface area contributed by atoms with Crippen molar-refractivity contribution in [3.63, 3.8) is 0 Å². The Hall–Kier alpha value is -5.90. The number of methoxy groups -OCH3 is 2. The lowest BCUT2D eigenvalue weighted by Crippen LogP contribution is -2.12. The molecular weight excluding hydrogens is 654 g/mol. The Labute approximate surface area is 285 Å². The van der Waals surface area contributed by atoms with Crippen LogP contribution in [0.4, 0.5) is 60.5 Å². The quantitative estimate of drug-likeness (QED) is 0.142. The molecule has 0 fully saturated rings. The van der Waals surface area contributed by atoms with Gasteiger partial charge in [0.15, 0.2) is 0 Å². The first-order valence-corrected chi connectivity index (χ1v) is 15.4. The molecule has 10 heteroatoms. The molecule has 0 aliphatic heterocycles. The van der Waals surface area contributed by atoms with Gasteiger partial charge in [0.1, 0.15) is 11.5 Å². The van der Waals surface area contributed by atoms with Gasteiger partial charge in [-0.15, -0.1) is 0 Å². The maximum Gasteiger partial charge on any atom is 0.416 e. The summed E-state index contributed by atoms with van der Waals surface area (Å²) in [6, 6.07) is 39.0. The predicted octanol–water partition coefficient (Wildman–Crippen LogP) is 12.3. The number of benzene rings is 6. The summed E-state index contributed by atoms with van der Waals surface area (Å²) in [5.41, 5.74) is 3.31. The number of anilines is 6. The maximum atomic E-state index is 13.7. The van der Waals surface area contributed by atoms with Crippen molar-refractivity contribution in [2.45, 2.75) is 12.4 Å². The SMILES string of the molecule is COc1ccc(N(c2ccc(-c3ccc(N(c4ccc(OC)cc4)c4cccc(C(F)(F)F)c4)cc3)cc2)c2cccc(C(F)(F)F)c2)cc1. The molecule has 4 nitrogen and oxygen atoms in total. The number of nitrogens with zero attached hydrogens (tertiary/aromatic N) is 2. The van der Waals surface area contributed by atoms with Gasteiger partial charge in [-0.25, -0.2) is 0 Å². The lowest BCUT2D eigenvalue weighted by atomic mass is 10.0. The second-order valence-electron chi connectivity index (χ2n) is 11.3. The van der Waals surface area contributed by atoms with Crippen LogP contribution in [0.2, 0.25) is 0 Å². The highest BCUT2D eigenvalue weighted by molar-refractivity contribution is 5.81. The molecule has 50 heavy (non-hydrogen) atoms. The van der Waals surface area contributed by atoms with Crippen LogP contribution < -0.4 is 19.3 Å². The van der Waals surface area contributed by atoms with E-state index in [4.69, 9.17) is 9.47 Å². The Bertz CT molecular complexity index is 1890. The average molecular weight is 685 g/mol. The van der Waals surface area contributed by atoms with Gasteiger partial charge < -0.3 is 19.3 Å². The van der Waals surface area contributed by atoms with E-state index in [1.54, 1.807) is 70.5 Å². The molecule has 0 N–H and O–H groups in total. The second kappa shape index (κ2) is 13.9. The fourth-order valence-corrected chi connectivity index (χ4v) is 5.61. The summed E-state index contributed by atoms with van der Waals surface area (Å²) < 4.78 is 92.5. The van der Waals surface area contributed by atoms with Crippen molar-refractivity contribution < 1.29 is 35.8 Å². The molecule has 0 atom stereocenters. The van der Waals surface area contributed by atoms with Crippen molar-refractivity contribution in [1.29, 1.82) is 0 Å². The van der Waals surface area contributed by atoms with E-state index in [1.807, 2.05) is 48.5 Å². The molecule has 0 aromatic heterocycles. The van der Waals surface area contributed by atoms with Gasteiger partial charge in [-0.05, 0) is 120 Å². The zero-order valence-corrected chi connectivity index (χ0v) is 26.8. The molecule has 6 aromatic rings. The van der Waals surface area contributed by atoms with Crippen LogP contribution in [0.1, 0.15) is 11.1 Å². The highest BCUT2D eigenvalue weighted by Crippen LogP contribution is 2.41. The Morgan fingerprint density at radius 2 is 0.680 bits per heavy atom. The Morgan fingerprint density at radius 3 is 0.960 bits per heavy atom. The fourth-order valence-electron chi connectivity index (χ4n) is 5.61. The van der Waals surface area contributed by atoms with E-state index in [0.29, 0.717) is 45.6 Å². The van der Waals surface area contributed by atoms with Crippen LogP contribution in [-0.2, 0) is 12.4 Å². The van der Waals surface area contributed by atoms with Crippen molar-refractivity contribution in [2.24, 2.45) is 0 Å². The molecule has 6 aromatic carbocycles. The van der Waals surface area contributed by atoms with Crippen LogP contribution in [0.3, 0.4) is 0 Å². The first kappa shape index (κ1) is 34.0. The van der Waals surface area contributed by atoms with Gasteiger partial charge in [0.2, 0.25) is 0 Å². The van der Waals surface area contributed by atoms with Gasteiger partial charge in [-0.1, -0.05) is 36.4 Å². The molecule has 0 unspecified atom stereocenters. The van der Waals surface area contributed by atoms with Crippen LogP contribution in [0, 0.1) is 0 Å². The standard InChI is InChI=1S/C40H30F6N2O2/c1-49-37-21-17-33(18-22-37)47(35-7-3-5-29(25-35)39(41,42)43)31-13-9-27(10-14-31)28-11-15-32(16-12-28)48(34-19-23-38(50-2)24-20-34)36-8-4-6-30(26-36)40(44,45)46/h3-26H,1-2H3. The summed E-state index contributed by atoms with van der Waals surface area (Å²) in [5.74, 6) is 1.21. The number of ether oxygens (including phenoxy) is 2. The van der Waals surface area contributed by atoms with Crippen molar-refractivity contribution in [1.82, 2.24) is 0 Å². The van der Waals surface area contributed by atoms with E-state index in [-0.39, 0.29) is 0 Å². The topological polar surface area (TPSA) is 24.9 Å². The van der Waals surface area contributed by atoms with Crippen LogP contribution >= 0.6 is 0 Å². The molecule has 0 amide bonds. The fraction of sp³-hybridized carbons (Fsp3) is 0.100. The lowest BCUT2D eigenvalue weighted by molar-refractivity contribution is -0.138. The molecule has 0 aliphatic carbocycles. The van der Waals surface area contributed by atoms with E-state index in [2.05, 4.69) is 0 Å². The van der Waals surface area contributed by atoms with Crippen LogP contribution in [0.5, 0.6) is 11.5 Å². The van der Waals surface area contributed by atoms with Gasteiger partial charge in [0, 0.05) is 34.1 Å². The van der Waals surface area contributed by atoms with Crippen molar-refractivity contribution in [2.75, 3.05) is 24.0 Å². The third kappa shape index (κ3) is 7.39. The highest BCUT2D eigenvalue weighted by Gasteiger charge is 2.32. The molecule has 6 rings (SSSR count). The number of hydrogen-bond acceptors (Lipinski definition) is 4. The van der Waals surface area contributed by atoms with Crippen molar-refractivity contribution >= 4 is 34.1 Å². The first-order valence-electron chi connectivity index (χ1n) is 15.4. The molecular formula is C40H30F6N2O2. The van der Waals surface area contributed by atoms with E-state index >= 15 is 0 Å². The van der Waals surface area contributed by atoms with E-state index in [9.17, 15) is 26.3 Å². The van der Waals surface area contributed by atoms with Crippen LogP contribution in [-0.4, -0.2) is 14.2 Å². The second-order valence-corrected chi connectivity index (χ2v) is 11.3. The first-order chi connectivity index (χ1) is 23.9. The molecule has 0 saturated carbocycles. The monoisotopic (exact) mass is 684 g/mol. The van der Waals surface area contributed by atoms with Gasteiger partial charge in [-0.2, -0.15) is 26.3 Å². The maximum absolute atomic E-state index is 13.7. The minimum Gasteiger partial charge on any atom is -0.497 e. The van der Waals surface area contributed by atoms with Gasteiger partial charge in [0.25, 0.3) is 0 Å². The lowest BCUT2D eigenvalue weighted by Gasteiger charge is -2.27. The zero-order valence-electron chi connectivity index (χ0n) is 26.8. The number of hydrogen-bond donors (Lipinski definition) is 0. The highest BCUT2D eigenvalue weighted by atomic mass is 19.4. The number of halogens is 6. The van der Waals surface area contributed by atoms with Crippen LogP contribution in [0.15, 0.2) is 146 Å². The normalized spacial score (nSPS) is 11.6. The van der Waals surface area contributed by atoms with E-state index in [0.717, 1.165) is 35.4 Å². The van der Waals surface area contributed by atoms with Gasteiger partial charge in [-0.3, -0.25) is 0 Å². The van der Waals surface area contributed by atoms with E-state index in [1.165, 1.54) is 26.4 Å². The van der Waals surface area contributed by atoms with Crippen LogP contribution in [0.25, 0.3) is 11.1 Å². The largest absolute Gasteiger partial charge is 0.497 e. The molecule has 0 spiro atoms. The zero-order chi connectivity index (χ0) is 35.5. The molecule has 0 heterocycles. The minimum atomic E-state index is -4.51. The molecule has 0 bridgehead atoms. The third-order valence-electron chi connectivity index (χ3n) is 8.11. The van der Waals surface area contributed by atoms with Crippen molar-refractivity contribution in [3.05, 3.63) is 157 Å². The Morgan fingerprint density at radius 1 is 0.380 bits per heavy atom. The van der Waals surface area contributed by atoms with Crippen molar-refractivity contribution in [3.8, 4) is 22.6 Å². The third-order valence-corrected chi connectivity index (χ3v) is 8.11. The summed E-state index contributed by atoms with van der Waals surface area (Å²) in [6.07, 6.45) is -9.02. The summed E-state index contributed by atoms with van der Waals surface area (Å²) >= 11 is 0. The Balaban J connectivity index is 1.34. The summed E-state index contributed by atoms with van der Waals surface area (Å²) in [7, 11) is 3.07. The van der Waals surface area contributed by atoms with Gasteiger partial charge >= 0.3 is 12.4 Å². The minimum absolute atomic E-state index is 0.329. The number of rotatable bonds is 9. The predicted molar refractivity (Wildman–Crippen MR) is 184 cm³/mol.